The molecule has 3 saturated heterocycles. The molecule has 11 heteroatoms. The summed E-state index contributed by atoms with van der Waals surface area (Å²) in [6, 6.07) is 22.4. The van der Waals surface area contributed by atoms with Gasteiger partial charge in [-0.15, -0.1) is 0 Å². The first kappa shape index (κ1) is 35.1. The third kappa shape index (κ3) is 8.34. The minimum atomic E-state index is -5.01. The van der Waals surface area contributed by atoms with Crippen LogP contribution >= 0.6 is 0 Å². The van der Waals surface area contributed by atoms with E-state index in [0.717, 1.165) is 53.0 Å². The van der Waals surface area contributed by atoms with E-state index in [1.54, 1.807) is 0 Å². The van der Waals surface area contributed by atoms with E-state index in [9.17, 15) is 27.9 Å². The standard InChI is InChI=1S/C38H44F3N3O5/c1-25-33(23-43-18-3-2-4-19-43)48-36(49-34(25)29-12-10-26(24-45)11-13-29)30-16-14-28(15-17-30)31-8-5-7-27(21-31)22-42-35(46)32-9-6-20-44(32)37(47)38(39,40)41/h5,7-8,10-17,21,25,32-34,36,45H,2-4,6,9,18-20,22-24H2,1H3,(H,42,46)/t25-,32-,33+,34+,36+/m0/s1. The first-order valence-electron chi connectivity index (χ1n) is 17.2. The fraction of sp³-hybridized carbons (Fsp3) is 0.474. The number of halogens is 3. The number of hydrogen-bond donors (Lipinski definition) is 2. The lowest BCUT2D eigenvalue weighted by molar-refractivity contribution is -0.276. The van der Waals surface area contributed by atoms with Gasteiger partial charge in [0.2, 0.25) is 5.91 Å². The molecule has 2 N–H and O–H groups in total. The van der Waals surface area contributed by atoms with Crippen molar-refractivity contribution in [1.29, 1.82) is 0 Å². The van der Waals surface area contributed by atoms with Gasteiger partial charge < -0.3 is 29.7 Å². The Balaban J connectivity index is 1.14. The predicted octanol–water partition coefficient (Wildman–Crippen LogP) is 6.29. The monoisotopic (exact) mass is 679 g/mol. The van der Waals surface area contributed by atoms with Gasteiger partial charge in [0.25, 0.3) is 0 Å². The van der Waals surface area contributed by atoms with Crippen molar-refractivity contribution in [1.82, 2.24) is 15.1 Å². The predicted molar refractivity (Wildman–Crippen MR) is 178 cm³/mol. The van der Waals surface area contributed by atoms with E-state index < -0.39 is 30.3 Å². The Morgan fingerprint density at radius 3 is 2.27 bits per heavy atom. The van der Waals surface area contributed by atoms with Gasteiger partial charge in [0, 0.05) is 31.1 Å². The largest absolute Gasteiger partial charge is 0.471 e. The number of nitrogens with zero attached hydrogens (tertiary/aromatic N) is 2. The number of piperidine rings is 1. The van der Waals surface area contributed by atoms with Crippen LogP contribution in [0.4, 0.5) is 13.2 Å². The number of aliphatic hydroxyl groups excluding tert-OH is 1. The number of hydrogen-bond acceptors (Lipinski definition) is 6. The van der Waals surface area contributed by atoms with E-state index in [1.807, 2.05) is 72.8 Å². The van der Waals surface area contributed by atoms with Gasteiger partial charge in [-0.05, 0) is 72.7 Å². The third-order valence-electron chi connectivity index (χ3n) is 9.98. The minimum Gasteiger partial charge on any atom is -0.392 e. The Morgan fingerprint density at radius 2 is 1.57 bits per heavy atom. The number of alkyl halides is 3. The van der Waals surface area contributed by atoms with Gasteiger partial charge in [-0.1, -0.05) is 80.1 Å². The molecule has 0 aliphatic carbocycles. The molecular formula is C38H44F3N3O5. The SMILES string of the molecule is C[C@H]1[C@@H](CN2CCCCC2)O[C@@H](c2ccc(-c3cccc(CNC(=O)[C@@H]4CCCN4C(=O)C(F)(F)F)c3)cc2)O[C@H]1c1ccc(CO)cc1. The highest BCUT2D eigenvalue weighted by atomic mass is 19.4. The van der Waals surface area contributed by atoms with Crippen molar-refractivity contribution in [2.24, 2.45) is 5.92 Å². The molecular weight excluding hydrogens is 635 g/mol. The molecule has 3 fully saturated rings. The number of nitrogens with one attached hydrogen (secondary N) is 1. The molecule has 3 heterocycles. The summed E-state index contributed by atoms with van der Waals surface area (Å²) >= 11 is 0. The van der Waals surface area contributed by atoms with Crippen molar-refractivity contribution in [3.05, 3.63) is 95.1 Å². The summed E-state index contributed by atoms with van der Waals surface area (Å²) in [5, 5.41) is 12.3. The summed E-state index contributed by atoms with van der Waals surface area (Å²) in [5.74, 6) is -2.45. The highest BCUT2D eigenvalue weighted by Gasteiger charge is 2.47. The number of rotatable bonds is 9. The minimum absolute atomic E-state index is 0.0126. The van der Waals surface area contributed by atoms with E-state index in [1.165, 1.54) is 19.3 Å². The normalized spacial score (nSPS) is 24.9. The molecule has 3 aliphatic heterocycles. The van der Waals surface area contributed by atoms with Crippen molar-refractivity contribution < 1.29 is 37.3 Å². The Morgan fingerprint density at radius 1 is 0.857 bits per heavy atom. The number of likely N-dealkylation sites (tertiary alicyclic amines) is 2. The van der Waals surface area contributed by atoms with Crippen molar-refractivity contribution in [2.45, 2.75) is 82.9 Å². The molecule has 6 rings (SSSR count). The highest BCUT2D eigenvalue weighted by molar-refractivity contribution is 5.90. The number of carbonyl (C=O) groups excluding carboxylic acids is 2. The quantitative estimate of drug-likeness (QED) is 0.276. The summed E-state index contributed by atoms with van der Waals surface area (Å²) in [7, 11) is 0. The first-order valence-corrected chi connectivity index (χ1v) is 17.2. The summed E-state index contributed by atoms with van der Waals surface area (Å²) in [6.45, 7) is 5.18. The second-order valence-corrected chi connectivity index (χ2v) is 13.4. The van der Waals surface area contributed by atoms with Gasteiger partial charge in [-0.3, -0.25) is 9.59 Å². The lowest BCUT2D eigenvalue weighted by Gasteiger charge is -2.43. The van der Waals surface area contributed by atoms with Crippen molar-refractivity contribution in [3.63, 3.8) is 0 Å². The molecule has 8 nitrogen and oxygen atoms in total. The molecule has 0 radical (unpaired) electrons. The average molecular weight is 680 g/mol. The van der Waals surface area contributed by atoms with Gasteiger partial charge in [0.1, 0.15) is 6.04 Å². The molecule has 0 aromatic heterocycles. The Hall–Kier alpha value is -3.77. The molecule has 3 aromatic carbocycles. The lowest BCUT2D eigenvalue weighted by Crippen LogP contribution is -2.50. The van der Waals surface area contributed by atoms with Crippen molar-refractivity contribution in [3.8, 4) is 11.1 Å². The molecule has 0 unspecified atom stereocenters. The van der Waals surface area contributed by atoms with Crippen LogP contribution in [0.1, 0.15) is 73.7 Å². The topological polar surface area (TPSA) is 91.3 Å². The molecule has 262 valence electrons. The summed E-state index contributed by atoms with van der Waals surface area (Å²) in [4.78, 5) is 27.7. The van der Waals surface area contributed by atoms with E-state index in [4.69, 9.17) is 9.47 Å². The summed E-state index contributed by atoms with van der Waals surface area (Å²) in [5.41, 5.74) is 5.44. The summed E-state index contributed by atoms with van der Waals surface area (Å²) < 4.78 is 52.3. The molecule has 49 heavy (non-hydrogen) atoms. The molecule has 0 bridgehead atoms. The highest BCUT2D eigenvalue weighted by Crippen LogP contribution is 2.42. The Kier molecular flexibility index (Phi) is 11.0. The average Bonchev–Trinajstić information content (AvgIpc) is 3.62. The fourth-order valence-corrected chi connectivity index (χ4v) is 7.17. The second kappa shape index (κ2) is 15.4. The van der Waals surface area contributed by atoms with Gasteiger partial charge >= 0.3 is 12.1 Å². The van der Waals surface area contributed by atoms with Gasteiger partial charge in [-0.25, -0.2) is 0 Å². The number of benzene rings is 3. The Bertz CT molecular complexity index is 1580. The number of aliphatic hydroxyl groups is 1. The van der Waals surface area contributed by atoms with E-state index in [0.29, 0.717) is 11.3 Å². The molecule has 0 spiro atoms. The van der Waals surface area contributed by atoms with Crippen LogP contribution in [-0.4, -0.2) is 71.2 Å². The van der Waals surface area contributed by atoms with Crippen LogP contribution in [0.2, 0.25) is 0 Å². The van der Waals surface area contributed by atoms with E-state index in [-0.39, 0.29) is 44.2 Å². The maximum atomic E-state index is 13.0. The van der Waals surface area contributed by atoms with Crippen LogP contribution in [0.5, 0.6) is 0 Å². The third-order valence-corrected chi connectivity index (χ3v) is 9.98. The van der Waals surface area contributed by atoms with Crippen LogP contribution in [0, 0.1) is 5.92 Å². The molecule has 5 atom stereocenters. The molecule has 0 saturated carbocycles. The first-order chi connectivity index (χ1) is 23.6. The fourth-order valence-electron chi connectivity index (χ4n) is 7.17. The van der Waals surface area contributed by atoms with Gasteiger partial charge in [-0.2, -0.15) is 13.2 Å². The Labute approximate surface area is 285 Å². The maximum Gasteiger partial charge on any atom is 0.471 e. The molecule has 3 aromatic rings. The lowest BCUT2D eigenvalue weighted by atomic mass is 9.89. The van der Waals surface area contributed by atoms with Crippen molar-refractivity contribution >= 4 is 11.8 Å². The smallest absolute Gasteiger partial charge is 0.392 e. The van der Waals surface area contributed by atoms with Crippen LogP contribution in [0.3, 0.4) is 0 Å². The number of carbonyl (C=O) groups is 2. The van der Waals surface area contributed by atoms with E-state index in [2.05, 4.69) is 17.1 Å². The molecule has 3 aliphatic rings. The van der Waals surface area contributed by atoms with Crippen LogP contribution in [-0.2, 0) is 32.2 Å². The zero-order valence-corrected chi connectivity index (χ0v) is 27.7. The van der Waals surface area contributed by atoms with Crippen molar-refractivity contribution in [2.75, 3.05) is 26.2 Å². The zero-order chi connectivity index (χ0) is 34.5. The number of ether oxygens (including phenoxy) is 2. The maximum absolute atomic E-state index is 13.0. The van der Waals surface area contributed by atoms with Crippen LogP contribution in [0.25, 0.3) is 11.1 Å². The van der Waals surface area contributed by atoms with Crippen LogP contribution < -0.4 is 5.32 Å². The summed E-state index contributed by atoms with van der Waals surface area (Å²) in [6.07, 6.45) is -1.59. The zero-order valence-electron chi connectivity index (χ0n) is 27.7. The molecule has 2 amide bonds. The van der Waals surface area contributed by atoms with E-state index >= 15 is 0 Å². The van der Waals surface area contributed by atoms with Gasteiger partial charge in [0.05, 0.1) is 18.8 Å². The van der Waals surface area contributed by atoms with Crippen LogP contribution in [0.15, 0.2) is 72.8 Å². The number of amides is 2. The van der Waals surface area contributed by atoms with Gasteiger partial charge in [0.15, 0.2) is 6.29 Å². The second-order valence-electron chi connectivity index (χ2n) is 13.4.